The third kappa shape index (κ3) is 3.68. The number of rotatable bonds is 4. The highest BCUT2D eigenvalue weighted by atomic mass is 19.3. The van der Waals surface area contributed by atoms with Crippen molar-refractivity contribution < 1.29 is 23.0 Å². The summed E-state index contributed by atoms with van der Waals surface area (Å²) in [7, 11) is 0. The van der Waals surface area contributed by atoms with E-state index in [4.69, 9.17) is 4.74 Å². The van der Waals surface area contributed by atoms with Gasteiger partial charge in [-0.05, 0) is 29.8 Å². The van der Waals surface area contributed by atoms with E-state index in [-0.39, 0.29) is 17.8 Å². The van der Waals surface area contributed by atoms with Crippen LogP contribution in [0.3, 0.4) is 0 Å². The Morgan fingerprint density at radius 2 is 2.22 bits per heavy atom. The van der Waals surface area contributed by atoms with Crippen molar-refractivity contribution in [3.8, 4) is 5.75 Å². The molecule has 0 unspecified atom stereocenters. The number of alkyl halides is 2. The van der Waals surface area contributed by atoms with Crippen LogP contribution in [-0.4, -0.2) is 42.1 Å². The van der Waals surface area contributed by atoms with Crippen LogP contribution in [0.1, 0.15) is 22.2 Å². The first-order valence-electron chi connectivity index (χ1n) is 7.22. The highest BCUT2D eigenvalue weighted by Crippen LogP contribution is 2.26. The quantitative estimate of drug-likeness (QED) is 0.942. The maximum absolute atomic E-state index is 12.4. The van der Waals surface area contributed by atoms with Crippen molar-refractivity contribution in [2.24, 2.45) is 0 Å². The van der Waals surface area contributed by atoms with Crippen LogP contribution in [0.15, 0.2) is 42.6 Å². The van der Waals surface area contributed by atoms with Gasteiger partial charge in [0.2, 0.25) is 0 Å². The molecule has 7 heteroatoms. The number of carbonyl (C=O) groups excluding carboxylic acids is 1. The van der Waals surface area contributed by atoms with E-state index < -0.39 is 6.61 Å². The Morgan fingerprint density at radius 1 is 1.35 bits per heavy atom. The third-order valence-corrected chi connectivity index (χ3v) is 3.64. The summed E-state index contributed by atoms with van der Waals surface area (Å²) in [4.78, 5) is 16.9. The van der Waals surface area contributed by atoms with Gasteiger partial charge in [0.15, 0.2) is 0 Å². The lowest BCUT2D eigenvalue weighted by Crippen LogP contribution is -2.42. The minimum absolute atomic E-state index is 0.0777. The van der Waals surface area contributed by atoms with Crippen LogP contribution in [0.5, 0.6) is 5.75 Å². The Bertz CT molecular complexity index is 661. The van der Waals surface area contributed by atoms with Crippen molar-refractivity contribution in [3.63, 3.8) is 0 Å². The maximum Gasteiger partial charge on any atom is 0.387 e. The summed E-state index contributed by atoms with van der Waals surface area (Å²) in [6.07, 6.45) is 1.32. The van der Waals surface area contributed by atoms with Crippen LogP contribution in [0.2, 0.25) is 0 Å². The van der Waals surface area contributed by atoms with Gasteiger partial charge < -0.3 is 19.4 Å². The second kappa shape index (κ2) is 6.78. The SMILES string of the molecule is O=C(c1ccc[nH]1)N1CCO[C@@H](c2cccc(OC(F)F)c2)C1. The molecule has 1 aliphatic rings. The van der Waals surface area contributed by atoms with Crippen LogP contribution in [0, 0.1) is 0 Å². The van der Waals surface area contributed by atoms with E-state index in [1.165, 1.54) is 12.1 Å². The summed E-state index contributed by atoms with van der Waals surface area (Å²) in [5, 5.41) is 0. The highest BCUT2D eigenvalue weighted by molar-refractivity contribution is 5.92. The van der Waals surface area contributed by atoms with Crippen molar-refractivity contribution in [3.05, 3.63) is 53.9 Å². The lowest BCUT2D eigenvalue weighted by atomic mass is 10.1. The lowest BCUT2D eigenvalue weighted by Gasteiger charge is -2.33. The summed E-state index contributed by atoms with van der Waals surface area (Å²) in [5.74, 6) is -0.0304. The monoisotopic (exact) mass is 322 g/mol. The summed E-state index contributed by atoms with van der Waals surface area (Å²) in [6, 6.07) is 9.84. The second-order valence-electron chi connectivity index (χ2n) is 5.15. The van der Waals surface area contributed by atoms with Crippen molar-refractivity contribution in [1.29, 1.82) is 0 Å². The van der Waals surface area contributed by atoms with Gasteiger partial charge in [-0.3, -0.25) is 4.79 Å². The third-order valence-electron chi connectivity index (χ3n) is 3.64. The number of nitrogens with zero attached hydrogens (tertiary/aromatic N) is 1. The van der Waals surface area contributed by atoms with E-state index in [2.05, 4.69) is 9.72 Å². The first-order valence-corrected chi connectivity index (χ1v) is 7.22. The number of aromatic nitrogens is 1. The zero-order valence-electron chi connectivity index (χ0n) is 12.2. The van der Waals surface area contributed by atoms with Gasteiger partial charge in [-0.25, -0.2) is 0 Å². The van der Waals surface area contributed by atoms with Crippen molar-refractivity contribution >= 4 is 5.91 Å². The number of hydrogen-bond acceptors (Lipinski definition) is 3. The number of nitrogens with one attached hydrogen (secondary N) is 1. The number of H-pyrrole nitrogens is 1. The molecule has 1 atom stereocenters. The lowest BCUT2D eigenvalue weighted by molar-refractivity contribution is -0.0504. The van der Waals surface area contributed by atoms with E-state index >= 15 is 0 Å². The van der Waals surface area contributed by atoms with Crippen LogP contribution in [-0.2, 0) is 4.74 Å². The van der Waals surface area contributed by atoms with E-state index in [9.17, 15) is 13.6 Å². The van der Waals surface area contributed by atoms with Crippen LogP contribution >= 0.6 is 0 Å². The Labute approximate surface area is 131 Å². The Hall–Kier alpha value is -2.41. The molecule has 0 bridgehead atoms. The van der Waals surface area contributed by atoms with Gasteiger partial charge >= 0.3 is 6.61 Å². The largest absolute Gasteiger partial charge is 0.435 e. The fraction of sp³-hybridized carbons (Fsp3) is 0.312. The first-order chi connectivity index (χ1) is 11.1. The van der Waals surface area contributed by atoms with E-state index in [0.29, 0.717) is 31.0 Å². The molecule has 1 aromatic heterocycles. The van der Waals surface area contributed by atoms with Crippen molar-refractivity contribution in [1.82, 2.24) is 9.88 Å². The summed E-state index contributed by atoms with van der Waals surface area (Å²) in [5.41, 5.74) is 1.22. The molecular formula is C16H16F2N2O3. The summed E-state index contributed by atoms with van der Waals surface area (Å²) < 4.78 is 34.7. The molecule has 0 spiro atoms. The molecule has 1 N–H and O–H groups in total. The normalized spacial score (nSPS) is 18.2. The molecule has 2 aromatic rings. The number of morpholine rings is 1. The molecule has 1 amide bonds. The van der Waals surface area contributed by atoms with Gasteiger partial charge in [-0.2, -0.15) is 8.78 Å². The molecule has 1 aromatic carbocycles. The predicted octanol–water partition coefficient (Wildman–Crippen LogP) is 2.83. The number of carbonyl (C=O) groups is 1. The minimum atomic E-state index is -2.87. The topological polar surface area (TPSA) is 54.6 Å². The average Bonchev–Trinajstić information content (AvgIpc) is 3.08. The molecule has 23 heavy (non-hydrogen) atoms. The molecular weight excluding hydrogens is 306 g/mol. The van der Waals surface area contributed by atoms with E-state index in [1.54, 1.807) is 35.4 Å². The average molecular weight is 322 g/mol. The van der Waals surface area contributed by atoms with Crippen LogP contribution in [0.4, 0.5) is 8.78 Å². The summed E-state index contributed by atoms with van der Waals surface area (Å²) in [6.45, 7) is -1.64. The molecule has 1 aliphatic heterocycles. The van der Waals surface area contributed by atoms with E-state index in [0.717, 1.165) is 0 Å². The van der Waals surface area contributed by atoms with Gasteiger partial charge in [0, 0.05) is 12.7 Å². The molecule has 5 nitrogen and oxygen atoms in total. The fourth-order valence-electron chi connectivity index (χ4n) is 2.56. The Balaban J connectivity index is 1.72. The van der Waals surface area contributed by atoms with Gasteiger partial charge in [-0.1, -0.05) is 12.1 Å². The standard InChI is InChI=1S/C16H16F2N2O3/c17-16(18)23-12-4-1-3-11(9-12)14-10-20(7-8-22-14)15(21)13-5-2-6-19-13/h1-6,9,14,16,19H,7-8,10H2/t14-/m1/s1. The smallest absolute Gasteiger partial charge is 0.387 e. The summed E-state index contributed by atoms with van der Waals surface area (Å²) >= 11 is 0. The zero-order valence-corrected chi connectivity index (χ0v) is 12.2. The molecule has 3 rings (SSSR count). The zero-order chi connectivity index (χ0) is 16.2. The Kier molecular flexibility index (Phi) is 4.57. The molecule has 122 valence electrons. The molecule has 2 heterocycles. The highest BCUT2D eigenvalue weighted by Gasteiger charge is 2.26. The molecule has 1 saturated heterocycles. The first kappa shape index (κ1) is 15.5. The number of amides is 1. The van der Waals surface area contributed by atoms with Crippen molar-refractivity contribution in [2.75, 3.05) is 19.7 Å². The second-order valence-corrected chi connectivity index (χ2v) is 5.15. The fourth-order valence-corrected chi connectivity index (χ4v) is 2.56. The number of halogens is 2. The molecule has 0 radical (unpaired) electrons. The predicted molar refractivity (Wildman–Crippen MR) is 78.5 cm³/mol. The van der Waals surface area contributed by atoms with Crippen molar-refractivity contribution in [2.45, 2.75) is 12.7 Å². The van der Waals surface area contributed by atoms with E-state index in [1.807, 2.05) is 0 Å². The number of ether oxygens (including phenoxy) is 2. The van der Waals surface area contributed by atoms with Crippen LogP contribution in [0.25, 0.3) is 0 Å². The van der Waals surface area contributed by atoms with Crippen LogP contribution < -0.4 is 4.74 Å². The van der Waals surface area contributed by atoms with Gasteiger partial charge in [-0.15, -0.1) is 0 Å². The Morgan fingerprint density at radius 3 is 2.96 bits per heavy atom. The minimum Gasteiger partial charge on any atom is -0.435 e. The number of aromatic amines is 1. The number of benzene rings is 1. The molecule has 0 aliphatic carbocycles. The maximum atomic E-state index is 12.4. The van der Waals surface area contributed by atoms with Gasteiger partial charge in [0.1, 0.15) is 17.5 Å². The van der Waals surface area contributed by atoms with Gasteiger partial charge in [0.05, 0.1) is 13.2 Å². The molecule has 1 fully saturated rings. The number of hydrogen-bond donors (Lipinski definition) is 1. The van der Waals surface area contributed by atoms with Gasteiger partial charge in [0.25, 0.3) is 5.91 Å². The molecule has 0 saturated carbocycles.